The lowest BCUT2D eigenvalue weighted by atomic mass is 9.59. The Morgan fingerprint density at radius 2 is 1.68 bits per heavy atom. The summed E-state index contributed by atoms with van der Waals surface area (Å²) in [7, 11) is 0. The van der Waals surface area contributed by atoms with Gasteiger partial charge in [-0.05, 0) is 64.8 Å². The molecule has 8 heteroatoms. The number of hydrogen-bond acceptors (Lipinski definition) is 6. The summed E-state index contributed by atoms with van der Waals surface area (Å²) in [5.74, 6) is 6.98. The zero-order chi connectivity index (χ0) is 29.8. The van der Waals surface area contributed by atoms with E-state index >= 15 is 0 Å². The Hall–Kier alpha value is -3.99. The van der Waals surface area contributed by atoms with E-state index in [-0.39, 0.29) is 23.3 Å². The van der Waals surface area contributed by atoms with Crippen LogP contribution in [0.5, 0.6) is 5.75 Å². The number of halogens is 2. The average molecular weight is 572 g/mol. The summed E-state index contributed by atoms with van der Waals surface area (Å²) < 4.78 is 19.2. The number of aromatic nitrogens is 3. The van der Waals surface area contributed by atoms with Crippen molar-refractivity contribution in [1.29, 1.82) is 0 Å². The van der Waals surface area contributed by atoms with Gasteiger partial charge < -0.3 is 15.8 Å². The van der Waals surface area contributed by atoms with Crippen LogP contribution in [0.1, 0.15) is 64.1 Å². The summed E-state index contributed by atoms with van der Waals surface area (Å²) in [5, 5.41) is 3.65. The maximum absolute atomic E-state index is 13.4. The highest BCUT2D eigenvalue weighted by molar-refractivity contribution is 6.32. The molecule has 41 heavy (non-hydrogen) atoms. The van der Waals surface area contributed by atoms with Crippen LogP contribution in [0.25, 0.3) is 0 Å². The first-order valence-corrected chi connectivity index (χ1v) is 13.7. The molecule has 4 aromatic rings. The second-order valence-electron chi connectivity index (χ2n) is 11.9. The fraction of sp³-hybridized carbons (Fsp3) is 0.303. The summed E-state index contributed by atoms with van der Waals surface area (Å²) in [6.45, 7) is 13.0. The van der Waals surface area contributed by atoms with Gasteiger partial charge in [-0.1, -0.05) is 77.3 Å². The number of benzene rings is 2. The lowest BCUT2D eigenvalue weighted by molar-refractivity contribution is 0.0528. The largest absolute Gasteiger partial charge is 0.487 e. The number of rotatable bonds is 6. The molecule has 212 valence electrons. The first-order chi connectivity index (χ1) is 19.3. The average Bonchev–Trinajstić information content (AvgIpc) is 2.90. The molecule has 2 aromatic heterocycles. The Labute approximate surface area is 246 Å². The van der Waals surface area contributed by atoms with Gasteiger partial charge in [0, 0.05) is 11.9 Å². The van der Waals surface area contributed by atoms with E-state index in [9.17, 15) is 4.39 Å². The minimum atomic E-state index is -0.688. The Morgan fingerprint density at radius 1 is 0.951 bits per heavy atom. The van der Waals surface area contributed by atoms with E-state index in [0.717, 1.165) is 5.69 Å². The normalized spacial score (nSPS) is 11.9. The molecule has 0 bridgehead atoms. The second kappa shape index (κ2) is 11.9. The van der Waals surface area contributed by atoms with Crippen molar-refractivity contribution < 1.29 is 9.13 Å². The molecule has 0 atom stereocenters. The Balaban J connectivity index is 1.55. The van der Waals surface area contributed by atoms with Crippen molar-refractivity contribution in [3.8, 4) is 17.6 Å². The van der Waals surface area contributed by atoms with E-state index in [2.05, 4.69) is 68.7 Å². The highest BCUT2D eigenvalue weighted by Crippen LogP contribution is 2.48. The predicted molar refractivity (Wildman–Crippen MR) is 162 cm³/mol. The molecule has 0 unspecified atom stereocenters. The number of anilines is 2. The van der Waals surface area contributed by atoms with E-state index in [1.165, 1.54) is 18.5 Å². The van der Waals surface area contributed by atoms with E-state index in [1.54, 1.807) is 30.5 Å². The maximum Gasteiger partial charge on any atom is 0.149 e. The molecule has 0 saturated carbocycles. The third-order valence-corrected chi connectivity index (χ3v) is 7.33. The summed E-state index contributed by atoms with van der Waals surface area (Å²) in [6.07, 6.45) is 3.09. The van der Waals surface area contributed by atoms with Crippen molar-refractivity contribution in [2.75, 3.05) is 5.32 Å². The van der Waals surface area contributed by atoms with Crippen molar-refractivity contribution in [2.45, 2.75) is 53.7 Å². The van der Waals surface area contributed by atoms with Gasteiger partial charge in [0.05, 0.1) is 21.8 Å². The van der Waals surface area contributed by atoms with Crippen LogP contribution in [0.15, 0.2) is 73.2 Å². The van der Waals surface area contributed by atoms with Gasteiger partial charge in [0.25, 0.3) is 0 Å². The number of nitrogens with one attached hydrogen (secondary N) is 1. The molecular weight excluding hydrogens is 537 g/mol. The van der Waals surface area contributed by atoms with Crippen LogP contribution in [-0.2, 0) is 12.1 Å². The number of pyridine rings is 1. The predicted octanol–water partition coefficient (Wildman–Crippen LogP) is 7.63. The molecule has 0 aliphatic carbocycles. The molecule has 0 amide bonds. The van der Waals surface area contributed by atoms with Crippen molar-refractivity contribution in [3.05, 3.63) is 107 Å². The van der Waals surface area contributed by atoms with Crippen LogP contribution < -0.4 is 15.8 Å². The molecule has 6 nitrogen and oxygen atoms in total. The van der Waals surface area contributed by atoms with E-state index in [0.29, 0.717) is 39.1 Å². The first-order valence-electron chi connectivity index (χ1n) is 13.3. The van der Waals surface area contributed by atoms with E-state index in [1.807, 2.05) is 24.3 Å². The third kappa shape index (κ3) is 6.84. The monoisotopic (exact) mass is 571 g/mol. The van der Waals surface area contributed by atoms with Gasteiger partial charge in [-0.3, -0.25) is 0 Å². The molecule has 0 saturated heterocycles. The van der Waals surface area contributed by atoms with Crippen LogP contribution >= 0.6 is 11.6 Å². The third-order valence-electron chi connectivity index (χ3n) is 7.03. The quantitative estimate of drug-likeness (QED) is 0.231. The maximum atomic E-state index is 13.4. The lowest BCUT2D eigenvalue weighted by Crippen LogP contribution is -2.57. The molecule has 0 radical (unpaired) electrons. The summed E-state index contributed by atoms with van der Waals surface area (Å²) in [5.41, 5.74) is 9.28. The van der Waals surface area contributed by atoms with Crippen molar-refractivity contribution in [3.63, 3.8) is 0 Å². The first kappa shape index (κ1) is 30.0. The molecule has 2 heterocycles. The second-order valence-corrected chi connectivity index (χ2v) is 12.3. The van der Waals surface area contributed by atoms with Crippen LogP contribution in [-0.4, -0.2) is 15.0 Å². The van der Waals surface area contributed by atoms with E-state index < -0.39 is 5.54 Å². The van der Waals surface area contributed by atoms with Gasteiger partial charge in [-0.25, -0.2) is 19.3 Å². The fourth-order valence-electron chi connectivity index (χ4n) is 4.89. The van der Waals surface area contributed by atoms with Gasteiger partial charge >= 0.3 is 0 Å². The summed E-state index contributed by atoms with van der Waals surface area (Å²) >= 11 is 6.47. The molecular formula is C33H35ClFN5O. The van der Waals surface area contributed by atoms with E-state index in [4.69, 9.17) is 27.1 Å². The number of nitrogens with zero attached hydrogens (tertiary/aromatic N) is 3. The molecule has 3 N–H and O–H groups in total. The Kier molecular flexibility index (Phi) is 8.67. The van der Waals surface area contributed by atoms with Gasteiger partial charge in [-0.2, -0.15) is 0 Å². The highest BCUT2D eigenvalue weighted by Gasteiger charge is 2.49. The van der Waals surface area contributed by atoms with Crippen LogP contribution in [0, 0.1) is 28.5 Å². The van der Waals surface area contributed by atoms with Crippen molar-refractivity contribution in [1.82, 2.24) is 15.0 Å². The topological polar surface area (TPSA) is 86.0 Å². The number of hydrogen-bond donors (Lipinski definition) is 2. The molecule has 0 aliphatic heterocycles. The molecule has 0 spiro atoms. The van der Waals surface area contributed by atoms with Gasteiger partial charge in [0.1, 0.15) is 36.0 Å². The van der Waals surface area contributed by atoms with Crippen molar-refractivity contribution in [2.24, 2.45) is 16.6 Å². The Bertz CT molecular complexity index is 1580. The number of ether oxygens (including phenoxy) is 1. The van der Waals surface area contributed by atoms with Gasteiger partial charge in [0.2, 0.25) is 0 Å². The lowest BCUT2D eigenvalue weighted by Gasteiger charge is -2.50. The van der Waals surface area contributed by atoms with Crippen LogP contribution in [0.4, 0.5) is 15.9 Å². The zero-order valence-electron chi connectivity index (χ0n) is 24.2. The molecule has 4 rings (SSSR count). The molecule has 0 fully saturated rings. The standard InChI is InChI=1S/C33H35ClFN5O/c1-31(2,3)33(36,32(4,5)6)29-12-8-11-25(39-29)14-13-23-19-37-21-38-30(23)40-26-15-16-28(27(34)18-26)41-20-22-9-7-10-24(35)17-22/h7-12,15-19,21H,20,36H2,1-6H3,(H,37,38,40). The summed E-state index contributed by atoms with van der Waals surface area (Å²) in [4.78, 5) is 13.4. The zero-order valence-corrected chi connectivity index (χ0v) is 25.0. The number of nitrogens with two attached hydrogens (primary N) is 1. The van der Waals surface area contributed by atoms with Crippen molar-refractivity contribution >= 4 is 23.1 Å². The fourth-order valence-corrected chi connectivity index (χ4v) is 5.12. The minimum Gasteiger partial charge on any atom is -0.487 e. The van der Waals surface area contributed by atoms with Gasteiger partial charge in [-0.15, -0.1) is 0 Å². The highest BCUT2D eigenvalue weighted by atomic mass is 35.5. The summed E-state index contributed by atoms with van der Waals surface area (Å²) in [6, 6.07) is 17.3. The molecule has 2 aromatic carbocycles. The molecule has 0 aliphatic rings. The minimum absolute atomic E-state index is 0.196. The van der Waals surface area contributed by atoms with Crippen LogP contribution in [0.3, 0.4) is 0 Å². The van der Waals surface area contributed by atoms with Crippen LogP contribution in [0.2, 0.25) is 5.02 Å². The Morgan fingerprint density at radius 3 is 2.37 bits per heavy atom. The van der Waals surface area contributed by atoms with Gasteiger partial charge in [0.15, 0.2) is 0 Å². The SMILES string of the molecule is CC(C)(C)C(N)(c1cccc(C#Cc2cncnc2Nc2ccc(OCc3cccc(F)c3)c(Cl)c2)n1)C(C)(C)C. The smallest absolute Gasteiger partial charge is 0.149 e.